The highest BCUT2D eigenvalue weighted by Gasteiger charge is 2.23. The summed E-state index contributed by atoms with van der Waals surface area (Å²) in [6, 6.07) is 1.71. The zero-order valence-corrected chi connectivity index (χ0v) is 12.3. The smallest absolute Gasteiger partial charge is 0.326 e. The molecule has 1 aromatic carbocycles. The second kappa shape index (κ2) is 6.65. The van der Waals surface area contributed by atoms with E-state index < -0.39 is 23.7 Å². The molecule has 4 nitrogen and oxygen atoms in total. The van der Waals surface area contributed by atoms with Crippen LogP contribution in [0.4, 0.5) is 4.39 Å². The molecule has 19 heavy (non-hydrogen) atoms. The lowest BCUT2D eigenvalue weighted by Crippen LogP contribution is -2.41. The molecule has 0 aliphatic heterocycles. The van der Waals surface area contributed by atoms with Crippen LogP contribution in [0.3, 0.4) is 0 Å². The number of aryl methyl sites for hydroxylation is 1. The van der Waals surface area contributed by atoms with Crippen molar-refractivity contribution in [2.75, 3.05) is 0 Å². The van der Waals surface area contributed by atoms with Crippen LogP contribution < -0.4 is 5.32 Å². The third-order valence-electron chi connectivity index (χ3n) is 2.69. The minimum absolute atomic E-state index is 0.164. The van der Waals surface area contributed by atoms with E-state index in [1.165, 1.54) is 12.1 Å². The number of aliphatic carboxylic acids is 1. The summed E-state index contributed by atoms with van der Waals surface area (Å²) >= 11 is 3.15. The molecule has 1 aromatic rings. The van der Waals surface area contributed by atoms with Crippen LogP contribution in [-0.2, 0) is 4.79 Å². The first-order valence-corrected chi connectivity index (χ1v) is 6.66. The van der Waals surface area contributed by atoms with E-state index in [9.17, 15) is 14.0 Å². The van der Waals surface area contributed by atoms with E-state index in [1.807, 2.05) is 6.92 Å². The first-order chi connectivity index (χ1) is 8.88. The molecule has 1 rings (SSSR count). The normalized spacial score (nSPS) is 12.0. The molecule has 0 saturated heterocycles. The molecule has 1 atom stereocenters. The molecule has 0 spiro atoms. The Balaban J connectivity index is 3.01. The number of carbonyl (C=O) groups excluding carboxylic acids is 1. The minimum Gasteiger partial charge on any atom is -0.480 e. The highest BCUT2D eigenvalue weighted by atomic mass is 79.9. The standard InChI is InChI=1S/C13H15BrFNO3/c1-3-4-9(13(18)19)16-12(17)10-8(15)6-5-7(2)11(10)14/h5-6,9H,3-4H2,1-2H3,(H,16,17)(H,18,19). The van der Waals surface area contributed by atoms with Crippen molar-refractivity contribution >= 4 is 27.8 Å². The Kier molecular flexibility index (Phi) is 5.47. The highest BCUT2D eigenvalue weighted by molar-refractivity contribution is 9.10. The second-order valence-corrected chi connectivity index (χ2v) is 5.00. The van der Waals surface area contributed by atoms with Crippen molar-refractivity contribution in [3.63, 3.8) is 0 Å². The van der Waals surface area contributed by atoms with Crippen LogP contribution >= 0.6 is 15.9 Å². The summed E-state index contributed by atoms with van der Waals surface area (Å²) in [5.74, 6) is -2.54. The molecule has 0 aliphatic carbocycles. The van der Waals surface area contributed by atoms with Gasteiger partial charge < -0.3 is 10.4 Å². The molecule has 104 valence electrons. The van der Waals surface area contributed by atoms with E-state index in [0.29, 0.717) is 22.9 Å². The topological polar surface area (TPSA) is 66.4 Å². The van der Waals surface area contributed by atoms with E-state index in [-0.39, 0.29) is 5.56 Å². The Morgan fingerprint density at radius 3 is 2.63 bits per heavy atom. The lowest BCUT2D eigenvalue weighted by Gasteiger charge is -2.15. The van der Waals surface area contributed by atoms with Crippen molar-refractivity contribution in [3.05, 3.63) is 33.5 Å². The average Bonchev–Trinajstić information content (AvgIpc) is 2.33. The van der Waals surface area contributed by atoms with Crippen LogP contribution in [0.1, 0.15) is 35.7 Å². The quantitative estimate of drug-likeness (QED) is 0.871. The molecule has 0 aliphatic rings. The van der Waals surface area contributed by atoms with Crippen molar-refractivity contribution in [1.29, 1.82) is 0 Å². The van der Waals surface area contributed by atoms with Gasteiger partial charge in [-0.15, -0.1) is 0 Å². The number of hydrogen-bond donors (Lipinski definition) is 2. The Morgan fingerprint density at radius 1 is 1.47 bits per heavy atom. The molecular formula is C13H15BrFNO3. The molecular weight excluding hydrogens is 317 g/mol. The lowest BCUT2D eigenvalue weighted by atomic mass is 10.1. The van der Waals surface area contributed by atoms with Crippen LogP contribution in [0.2, 0.25) is 0 Å². The zero-order chi connectivity index (χ0) is 14.6. The van der Waals surface area contributed by atoms with Crippen molar-refractivity contribution in [2.45, 2.75) is 32.7 Å². The molecule has 0 heterocycles. The number of amides is 1. The van der Waals surface area contributed by atoms with E-state index in [1.54, 1.807) is 6.92 Å². The van der Waals surface area contributed by atoms with Gasteiger partial charge in [0.15, 0.2) is 0 Å². The van der Waals surface area contributed by atoms with Gasteiger partial charge in [-0.3, -0.25) is 4.79 Å². The van der Waals surface area contributed by atoms with E-state index in [2.05, 4.69) is 21.2 Å². The highest BCUT2D eigenvalue weighted by Crippen LogP contribution is 2.24. The fourth-order valence-corrected chi connectivity index (χ4v) is 2.14. The van der Waals surface area contributed by atoms with Gasteiger partial charge >= 0.3 is 5.97 Å². The molecule has 0 radical (unpaired) electrons. The lowest BCUT2D eigenvalue weighted by molar-refractivity contribution is -0.139. The maximum atomic E-state index is 13.7. The van der Waals surface area contributed by atoms with Crippen LogP contribution in [0, 0.1) is 12.7 Å². The number of halogens is 2. The summed E-state index contributed by atoms with van der Waals surface area (Å²) in [4.78, 5) is 23.0. The van der Waals surface area contributed by atoms with Crippen LogP contribution in [0.25, 0.3) is 0 Å². The Morgan fingerprint density at radius 2 is 2.11 bits per heavy atom. The summed E-state index contributed by atoms with van der Waals surface area (Å²) in [6.07, 6.45) is 0.904. The summed E-state index contributed by atoms with van der Waals surface area (Å²) in [5, 5.41) is 11.3. The van der Waals surface area contributed by atoms with Gasteiger partial charge in [0.05, 0.1) is 5.56 Å². The molecule has 0 bridgehead atoms. The number of benzene rings is 1. The fourth-order valence-electron chi connectivity index (χ4n) is 1.64. The monoisotopic (exact) mass is 331 g/mol. The van der Waals surface area contributed by atoms with Gasteiger partial charge in [-0.2, -0.15) is 0 Å². The van der Waals surface area contributed by atoms with Crippen molar-refractivity contribution in [3.8, 4) is 0 Å². The Hall–Kier alpha value is -1.43. The summed E-state index contributed by atoms with van der Waals surface area (Å²) in [5.41, 5.74) is 0.538. The van der Waals surface area contributed by atoms with Gasteiger partial charge in [0.2, 0.25) is 0 Å². The van der Waals surface area contributed by atoms with Gasteiger partial charge in [0.1, 0.15) is 11.9 Å². The first kappa shape index (κ1) is 15.6. The van der Waals surface area contributed by atoms with E-state index >= 15 is 0 Å². The van der Waals surface area contributed by atoms with Crippen molar-refractivity contribution in [1.82, 2.24) is 5.32 Å². The molecule has 0 fully saturated rings. The summed E-state index contributed by atoms with van der Waals surface area (Å²) < 4.78 is 14.0. The molecule has 2 N–H and O–H groups in total. The van der Waals surface area contributed by atoms with Gasteiger partial charge in [0, 0.05) is 4.47 Å². The number of carboxylic acids is 1. The van der Waals surface area contributed by atoms with E-state index in [0.717, 1.165) is 0 Å². The van der Waals surface area contributed by atoms with Gasteiger partial charge in [-0.1, -0.05) is 19.4 Å². The molecule has 0 saturated carbocycles. The third-order valence-corrected chi connectivity index (χ3v) is 3.71. The summed E-state index contributed by atoms with van der Waals surface area (Å²) in [7, 11) is 0. The predicted octanol–water partition coefficient (Wildman–Crippen LogP) is 2.88. The van der Waals surface area contributed by atoms with Gasteiger partial charge in [-0.05, 0) is 40.9 Å². The van der Waals surface area contributed by atoms with Crippen molar-refractivity contribution in [2.24, 2.45) is 0 Å². The molecule has 6 heteroatoms. The number of carbonyl (C=O) groups is 2. The van der Waals surface area contributed by atoms with E-state index in [4.69, 9.17) is 5.11 Å². The van der Waals surface area contributed by atoms with Crippen LogP contribution in [0.5, 0.6) is 0 Å². The number of hydrogen-bond acceptors (Lipinski definition) is 2. The van der Waals surface area contributed by atoms with Gasteiger partial charge in [0.25, 0.3) is 5.91 Å². The molecule has 0 aromatic heterocycles. The zero-order valence-electron chi connectivity index (χ0n) is 10.7. The number of carboxylic acid groups (broad SMARTS) is 1. The van der Waals surface area contributed by atoms with Gasteiger partial charge in [-0.25, -0.2) is 9.18 Å². The fraction of sp³-hybridized carbons (Fsp3) is 0.385. The third kappa shape index (κ3) is 3.76. The largest absolute Gasteiger partial charge is 0.480 e. The minimum atomic E-state index is -1.13. The predicted molar refractivity (Wildman–Crippen MR) is 72.6 cm³/mol. The summed E-state index contributed by atoms with van der Waals surface area (Å²) in [6.45, 7) is 3.53. The van der Waals surface area contributed by atoms with Crippen LogP contribution in [-0.4, -0.2) is 23.0 Å². The molecule has 1 amide bonds. The maximum absolute atomic E-state index is 13.7. The number of rotatable bonds is 5. The number of nitrogens with one attached hydrogen (secondary N) is 1. The maximum Gasteiger partial charge on any atom is 0.326 e. The molecule has 1 unspecified atom stereocenters. The Bertz CT molecular complexity index is 505. The first-order valence-electron chi connectivity index (χ1n) is 5.86. The van der Waals surface area contributed by atoms with Crippen molar-refractivity contribution < 1.29 is 19.1 Å². The second-order valence-electron chi connectivity index (χ2n) is 4.21. The SMILES string of the molecule is CCCC(NC(=O)c1c(F)ccc(C)c1Br)C(=O)O. The Labute approximate surface area is 119 Å². The van der Waals surface area contributed by atoms with Crippen LogP contribution in [0.15, 0.2) is 16.6 Å². The average molecular weight is 332 g/mol.